The first kappa shape index (κ1) is 20.3. The Morgan fingerprint density at radius 2 is 1.93 bits per heavy atom. The van der Waals surface area contributed by atoms with E-state index in [1.807, 2.05) is 43.6 Å². The second kappa shape index (κ2) is 9.23. The number of H-pyrrole nitrogens is 1. The van der Waals surface area contributed by atoms with E-state index in [1.54, 1.807) is 6.07 Å². The minimum Gasteiger partial charge on any atom is -0.378 e. The fourth-order valence-corrected chi connectivity index (χ4v) is 3.69. The zero-order valence-electron chi connectivity index (χ0n) is 17.5. The summed E-state index contributed by atoms with van der Waals surface area (Å²) in [6.45, 7) is 5.48. The van der Waals surface area contributed by atoms with Crippen LogP contribution in [0.2, 0.25) is 0 Å². The van der Waals surface area contributed by atoms with Crippen molar-refractivity contribution in [1.82, 2.24) is 19.9 Å². The molecule has 1 fully saturated rings. The predicted molar refractivity (Wildman–Crippen MR) is 119 cm³/mol. The largest absolute Gasteiger partial charge is 0.378 e. The smallest absolute Gasteiger partial charge is 0.248 e. The number of hydrogen-bond acceptors (Lipinski definition) is 7. The highest BCUT2D eigenvalue weighted by atomic mass is 16.5. The molecule has 8 heteroatoms. The number of ether oxygens (including phenoxy) is 1. The third-order valence-electron chi connectivity index (χ3n) is 5.40. The zero-order valence-corrected chi connectivity index (χ0v) is 17.5. The summed E-state index contributed by atoms with van der Waals surface area (Å²) in [6.07, 6.45) is 1.82. The lowest BCUT2D eigenvalue weighted by Crippen LogP contribution is -2.37. The van der Waals surface area contributed by atoms with Crippen molar-refractivity contribution < 1.29 is 4.74 Å². The van der Waals surface area contributed by atoms with Crippen molar-refractivity contribution in [3.8, 4) is 0 Å². The van der Waals surface area contributed by atoms with Crippen molar-refractivity contribution >= 4 is 22.7 Å². The van der Waals surface area contributed by atoms with Crippen LogP contribution in [0.1, 0.15) is 5.56 Å². The molecular weight excluding hydrogens is 380 g/mol. The zero-order chi connectivity index (χ0) is 20.9. The molecule has 0 saturated carbocycles. The minimum absolute atomic E-state index is 0.0671. The Kier molecular flexibility index (Phi) is 6.25. The van der Waals surface area contributed by atoms with Gasteiger partial charge in [0.2, 0.25) is 11.5 Å². The lowest BCUT2D eigenvalue weighted by Gasteiger charge is -2.28. The number of fused-ring (bicyclic) bond motifs is 1. The number of nitrogens with one attached hydrogen (secondary N) is 1. The van der Waals surface area contributed by atoms with E-state index in [2.05, 4.69) is 31.7 Å². The molecule has 1 saturated heterocycles. The summed E-state index contributed by atoms with van der Waals surface area (Å²) < 4.78 is 5.42. The van der Waals surface area contributed by atoms with Crippen molar-refractivity contribution in [2.45, 2.75) is 6.54 Å². The van der Waals surface area contributed by atoms with E-state index in [4.69, 9.17) is 9.72 Å². The summed E-state index contributed by atoms with van der Waals surface area (Å²) >= 11 is 0. The van der Waals surface area contributed by atoms with Crippen LogP contribution < -0.4 is 15.4 Å². The molecule has 30 heavy (non-hydrogen) atoms. The first-order chi connectivity index (χ1) is 14.6. The predicted octanol–water partition coefficient (Wildman–Crippen LogP) is 1.72. The van der Waals surface area contributed by atoms with E-state index in [0.29, 0.717) is 12.5 Å². The van der Waals surface area contributed by atoms with Crippen molar-refractivity contribution in [2.75, 3.05) is 63.3 Å². The summed E-state index contributed by atoms with van der Waals surface area (Å²) in [5, 5.41) is 1.08. The molecule has 0 unspecified atom stereocenters. The van der Waals surface area contributed by atoms with Gasteiger partial charge in [0.1, 0.15) is 5.82 Å². The van der Waals surface area contributed by atoms with Gasteiger partial charge in [-0.25, -0.2) is 4.98 Å². The number of pyridine rings is 1. The average Bonchev–Trinajstić information content (AvgIpc) is 2.78. The highest BCUT2D eigenvalue weighted by molar-refractivity contribution is 5.81. The van der Waals surface area contributed by atoms with Crippen LogP contribution in [-0.2, 0) is 11.3 Å². The van der Waals surface area contributed by atoms with E-state index in [0.717, 1.165) is 61.7 Å². The number of morpholine rings is 1. The summed E-state index contributed by atoms with van der Waals surface area (Å²) in [5.41, 5.74) is 1.84. The van der Waals surface area contributed by atoms with Crippen LogP contribution in [0.25, 0.3) is 10.9 Å². The van der Waals surface area contributed by atoms with E-state index in [-0.39, 0.29) is 5.56 Å². The third kappa shape index (κ3) is 4.77. The number of hydrogen-bond donors (Lipinski definition) is 1. The van der Waals surface area contributed by atoms with Crippen molar-refractivity contribution in [1.29, 1.82) is 0 Å². The maximum atomic E-state index is 12.0. The molecule has 0 bridgehead atoms. The first-order valence-electron chi connectivity index (χ1n) is 10.3. The molecule has 2 aromatic heterocycles. The SMILES string of the molecule is CN(CCN(C)c1nccc(N2CCOCC2)n1)Cc1cc(=O)[nH]c2ccccc12. The van der Waals surface area contributed by atoms with Crippen LogP contribution in [0, 0.1) is 0 Å². The Hall–Kier alpha value is -2.97. The van der Waals surface area contributed by atoms with Crippen molar-refractivity contribution in [3.05, 3.63) is 58.5 Å². The summed E-state index contributed by atoms with van der Waals surface area (Å²) in [4.78, 5) is 30.6. The number of aromatic nitrogens is 3. The molecule has 1 aromatic carbocycles. The number of para-hydroxylation sites is 1. The third-order valence-corrected chi connectivity index (χ3v) is 5.40. The molecule has 1 aliphatic heterocycles. The monoisotopic (exact) mass is 408 g/mol. The molecule has 0 spiro atoms. The van der Waals surface area contributed by atoms with Gasteiger partial charge >= 0.3 is 0 Å². The lowest BCUT2D eigenvalue weighted by atomic mass is 10.1. The van der Waals surface area contributed by atoms with Crippen LogP contribution >= 0.6 is 0 Å². The van der Waals surface area contributed by atoms with Gasteiger partial charge in [0.05, 0.1) is 13.2 Å². The molecule has 1 aliphatic rings. The number of benzene rings is 1. The highest BCUT2D eigenvalue weighted by Crippen LogP contribution is 2.17. The molecule has 0 aliphatic carbocycles. The van der Waals surface area contributed by atoms with E-state index in [1.165, 1.54) is 0 Å². The summed E-state index contributed by atoms with van der Waals surface area (Å²) in [6, 6.07) is 11.6. The number of likely N-dealkylation sites (N-methyl/N-ethyl adjacent to an activating group) is 2. The van der Waals surface area contributed by atoms with Crippen LogP contribution in [0.5, 0.6) is 0 Å². The minimum atomic E-state index is -0.0671. The van der Waals surface area contributed by atoms with Gasteiger partial charge < -0.3 is 24.4 Å². The molecule has 3 heterocycles. The molecule has 4 rings (SSSR count). The van der Waals surface area contributed by atoms with Crippen LogP contribution in [0.4, 0.5) is 11.8 Å². The van der Waals surface area contributed by atoms with Crippen molar-refractivity contribution in [3.63, 3.8) is 0 Å². The molecule has 1 N–H and O–H groups in total. The average molecular weight is 409 g/mol. The topological polar surface area (TPSA) is 77.6 Å². The molecule has 158 valence electrons. The molecule has 0 atom stereocenters. The summed E-state index contributed by atoms with van der Waals surface area (Å²) in [7, 11) is 4.07. The Morgan fingerprint density at radius 3 is 2.77 bits per heavy atom. The van der Waals surface area contributed by atoms with Gasteiger partial charge in [-0.05, 0) is 24.7 Å². The van der Waals surface area contributed by atoms with E-state index >= 15 is 0 Å². The van der Waals surface area contributed by atoms with Gasteiger partial charge in [0, 0.05) is 62.9 Å². The Labute approximate surface area is 176 Å². The Balaban J connectivity index is 1.38. The lowest BCUT2D eigenvalue weighted by molar-refractivity contribution is 0.122. The van der Waals surface area contributed by atoms with Gasteiger partial charge in [-0.2, -0.15) is 4.98 Å². The standard InChI is InChI=1S/C22H28N6O2/c1-26(16-17-15-21(29)24-19-6-4-3-5-18(17)19)9-10-27(2)22-23-8-7-20(25-22)28-11-13-30-14-12-28/h3-8,15H,9-14,16H2,1-2H3,(H,24,29). The Morgan fingerprint density at radius 1 is 1.13 bits per heavy atom. The molecule has 0 amide bonds. The quantitative estimate of drug-likeness (QED) is 0.638. The maximum Gasteiger partial charge on any atom is 0.248 e. The fraction of sp³-hybridized carbons (Fsp3) is 0.409. The first-order valence-corrected chi connectivity index (χ1v) is 10.3. The second-order valence-corrected chi connectivity index (χ2v) is 7.68. The maximum absolute atomic E-state index is 12.0. The fourth-order valence-electron chi connectivity index (χ4n) is 3.69. The summed E-state index contributed by atoms with van der Waals surface area (Å²) in [5.74, 6) is 1.66. The van der Waals surface area contributed by atoms with Crippen molar-refractivity contribution in [2.24, 2.45) is 0 Å². The molecule has 8 nitrogen and oxygen atoms in total. The molecular formula is C22H28N6O2. The van der Waals surface area contributed by atoms with Crippen LogP contribution in [0.3, 0.4) is 0 Å². The van der Waals surface area contributed by atoms with Gasteiger partial charge in [-0.1, -0.05) is 18.2 Å². The second-order valence-electron chi connectivity index (χ2n) is 7.68. The molecule has 0 radical (unpaired) electrons. The number of aromatic amines is 1. The number of anilines is 2. The van der Waals surface area contributed by atoms with E-state index < -0.39 is 0 Å². The Bertz CT molecular complexity index is 1050. The van der Waals surface area contributed by atoms with Crippen LogP contribution in [-0.4, -0.2) is 73.3 Å². The number of nitrogens with zero attached hydrogens (tertiary/aromatic N) is 5. The van der Waals surface area contributed by atoms with Gasteiger partial charge in [0.15, 0.2) is 0 Å². The van der Waals surface area contributed by atoms with E-state index in [9.17, 15) is 4.79 Å². The number of rotatable bonds is 7. The molecule has 3 aromatic rings. The van der Waals surface area contributed by atoms with Gasteiger partial charge in [0.25, 0.3) is 0 Å². The van der Waals surface area contributed by atoms with Crippen LogP contribution in [0.15, 0.2) is 47.4 Å². The normalized spacial score (nSPS) is 14.4. The highest BCUT2D eigenvalue weighted by Gasteiger charge is 2.15. The van der Waals surface area contributed by atoms with Gasteiger partial charge in [-0.3, -0.25) is 4.79 Å². The van der Waals surface area contributed by atoms with Gasteiger partial charge in [-0.15, -0.1) is 0 Å².